The van der Waals surface area contributed by atoms with Crippen molar-refractivity contribution in [1.82, 2.24) is 20.3 Å². The number of rotatable bonds is 6. The normalized spacial score (nSPS) is 11.9. The van der Waals surface area contributed by atoms with Gasteiger partial charge in [-0.3, -0.25) is 14.8 Å². The molecule has 1 amide bonds. The van der Waals surface area contributed by atoms with Gasteiger partial charge < -0.3 is 10.4 Å². The molecule has 0 bridgehead atoms. The van der Waals surface area contributed by atoms with Gasteiger partial charge in [0.1, 0.15) is 16.4 Å². The Labute approximate surface area is 143 Å². The Bertz CT molecular complexity index is 793. The monoisotopic (exact) mass is 340 g/mol. The van der Waals surface area contributed by atoms with Crippen LogP contribution in [0, 0.1) is 0 Å². The van der Waals surface area contributed by atoms with Gasteiger partial charge in [-0.25, -0.2) is 4.98 Å². The fraction of sp³-hybridized carbons (Fsp3) is 0.176. The molecule has 3 aromatic rings. The lowest BCUT2D eigenvalue weighted by atomic mass is 10.0. The molecule has 2 heterocycles. The summed E-state index contributed by atoms with van der Waals surface area (Å²) >= 11 is 1.34. The average Bonchev–Trinajstić information content (AvgIpc) is 3.13. The molecular formula is C17H16N4O2S. The predicted molar refractivity (Wildman–Crippen MR) is 91.5 cm³/mol. The molecule has 0 saturated carbocycles. The van der Waals surface area contributed by atoms with Crippen molar-refractivity contribution in [1.29, 1.82) is 0 Å². The molecule has 1 aromatic carbocycles. The molecule has 0 aliphatic rings. The van der Waals surface area contributed by atoms with Crippen LogP contribution in [-0.2, 0) is 0 Å². The van der Waals surface area contributed by atoms with E-state index in [0.717, 1.165) is 5.56 Å². The Morgan fingerprint density at radius 3 is 2.79 bits per heavy atom. The minimum Gasteiger partial charge on any atom is -0.396 e. The van der Waals surface area contributed by atoms with E-state index in [0.29, 0.717) is 22.8 Å². The van der Waals surface area contributed by atoms with Gasteiger partial charge in [0.25, 0.3) is 5.91 Å². The van der Waals surface area contributed by atoms with Gasteiger partial charge in [0.05, 0.1) is 12.2 Å². The molecular weight excluding hydrogens is 324 g/mol. The molecule has 2 N–H and O–H groups in total. The molecule has 7 heteroatoms. The van der Waals surface area contributed by atoms with Crippen LogP contribution in [0.3, 0.4) is 0 Å². The number of carbonyl (C=O) groups excluding carboxylic acids is 1. The maximum Gasteiger partial charge on any atom is 0.271 e. The van der Waals surface area contributed by atoms with Gasteiger partial charge in [-0.05, 0) is 12.0 Å². The lowest BCUT2D eigenvalue weighted by molar-refractivity contribution is 0.0925. The summed E-state index contributed by atoms with van der Waals surface area (Å²) in [6.07, 6.45) is 5.23. The summed E-state index contributed by atoms with van der Waals surface area (Å²) in [5.74, 6) is -0.274. The van der Waals surface area contributed by atoms with Crippen LogP contribution in [0.1, 0.15) is 28.5 Å². The minimum atomic E-state index is -0.274. The molecule has 0 fully saturated rings. The van der Waals surface area contributed by atoms with Crippen LogP contribution in [0.4, 0.5) is 0 Å². The molecule has 2 aromatic heterocycles. The van der Waals surface area contributed by atoms with E-state index in [2.05, 4.69) is 20.3 Å². The molecule has 24 heavy (non-hydrogen) atoms. The van der Waals surface area contributed by atoms with Crippen molar-refractivity contribution in [2.24, 2.45) is 0 Å². The first-order valence-electron chi connectivity index (χ1n) is 7.46. The Balaban J connectivity index is 1.75. The summed E-state index contributed by atoms with van der Waals surface area (Å²) in [6, 6.07) is 9.31. The van der Waals surface area contributed by atoms with E-state index in [1.165, 1.54) is 11.3 Å². The summed E-state index contributed by atoms with van der Waals surface area (Å²) in [6.45, 7) is -0.0121. The van der Waals surface area contributed by atoms with Crippen LogP contribution in [-0.4, -0.2) is 32.6 Å². The first kappa shape index (κ1) is 16.2. The third-order valence-electron chi connectivity index (χ3n) is 3.44. The van der Waals surface area contributed by atoms with Gasteiger partial charge in [0, 0.05) is 24.4 Å². The van der Waals surface area contributed by atoms with Crippen molar-refractivity contribution in [2.75, 3.05) is 6.61 Å². The van der Waals surface area contributed by atoms with Crippen molar-refractivity contribution in [3.8, 4) is 10.7 Å². The van der Waals surface area contributed by atoms with Gasteiger partial charge in [0.2, 0.25) is 0 Å². The first-order valence-corrected chi connectivity index (χ1v) is 8.34. The third kappa shape index (κ3) is 3.81. The highest BCUT2D eigenvalue weighted by Gasteiger charge is 2.18. The fourth-order valence-electron chi connectivity index (χ4n) is 2.27. The lowest BCUT2D eigenvalue weighted by Crippen LogP contribution is -2.29. The van der Waals surface area contributed by atoms with Crippen molar-refractivity contribution in [3.63, 3.8) is 0 Å². The van der Waals surface area contributed by atoms with E-state index in [4.69, 9.17) is 0 Å². The topological polar surface area (TPSA) is 88.0 Å². The zero-order valence-corrected chi connectivity index (χ0v) is 13.6. The van der Waals surface area contributed by atoms with E-state index in [1.54, 1.807) is 24.0 Å². The van der Waals surface area contributed by atoms with Gasteiger partial charge in [-0.15, -0.1) is 11.3 Å². The SMILES string of the molecule is O=C(NC(CCO)c1ccccc1)c1csc(-c2cnccn2)n1. The van der Waals surface area contributed by atoms with E-state index < -0.39 is 0 Å². The molecule has 0 saturated heterocycles. The number of nitrogens with one attached hydrogen (secondary N) is 1. The quantitative estimate of drug-likeness (QED) is 0.720. The second-order valence-corrected chi connectivity index (χ2v) is 5.94. The third-order valence-corrected chi connectivity index (χ3v) is 4.31. The number of thiazole rings is 1. The van der Waals surface area contributed by atoms with Crippen LogP contribution >= 0.6 is 11.3 Å². The van der Waals surface area contributed by atoms with Gasteiger partial charge >= 0.3 is 0 Å². The Hall–Kier alpha value is -2.64. The molecule has 0 spiro atoms. The molecule has 122 valence electrons. The zero-order chi connectivity index (χ0) is 16.8. The molecule has 6 nitrogen and oxygen atoms in total. The number of benzene rings is 1. The standard InChI is InChI=1S/C17H16N4O2S/c22-9-6-13(12-4-2-1-3-5-12)20-16(23)15-11-24-17(21-15)14-10-18-7-8-19-14/h1-5,7-8,10-11,13,22H,6,9H2,(H,20,23). The van der Waals surface area contributed by atoms with Gasteiger partial charge in [-0.1, -0.05) is 30.3 Å². The smallest absolute Gasteiger partial charge is 0.271 e. The molecule has 0 radical (unpaired) electrons. The molecule has 1 unspecified atom stereocenters. The number of aliphatic hydroxyl groups excluding tert-OH is 1. The van der Waals surface area contributed by atoms with Crippen LogP contribution in [0.15, 0.2) is 54.3 Å². The van der Waals surface area contributed by atoms with Crippen LogP contribution in [0.25, 0.3) is 10.7 Å². The maximum absolute atomic E-state index is 12.5. The largest absolute Gasteiger partial charge is 0.396 e. The van der Waals surface area contributed by atoms with E-state index >= 15 is 0 Å². The van der Waals surface area contributed by atoms with Crippen molar-refractivity contribution in [2.45, 2.75) is 12.5 Å². The van der Waals surface area contributed by atoms with Crippen molar-refractivity contribution in [3.05, 3.63) is 65.6 Å². The number of amides is 1. The fourth-order valence-corrected chi connectivity index (χ4v) is 3.03. The zero-order valence-electron chi connectivity index (χ0n) is 12.8. The Kier molecular flexibility index (Phi) is 5.25. The highest BCUT2D eigenvalue weighted by atomic mass is 32.1. The number of nitrogens with zero attached hydrogens (tertiary/aromatic N) is 3. The highest BCUT2D eigenvalue weighted by Crippen LogP contribution is 2.22. The molecule has 0 aliphatic carbocycles. The average molecular weight is 340 g/mol. The van der Waals surface area contributed by atoms with E-state index in [1.807, 2.05) is 30.3 Å². The van der Waals surface area contributed by atoms with Gasteiger partial charge in [-0.2, -0.15) is 0 Å². The summed E-state index contributed by atoms with van der Waals surface area (Å²) in [5.41, 5.74) is 1.92. The van der Waals surface area contributed by atoms with Crippen molar-refractivity contribution < 1.29 is 9.90 Å². The summed E-state index contributed by atoms with van der Waals surface area (Å²) < 4.78 is 0. The number of aliphatic hydroxyl groups is 1. The number of aromatic nitrogens is 3. The van der Waals surface area contributed by atoms with Crippen molar-refractivity contribution >= 4 is 17.2 Å². The van der Waals surface area contributed by atoms with Crippen LogP contribution in [0.5, 0.6) is 0 Å². The number of hydrogen-bond acceptors (Lipinski definition) is 6. The van der Waals surface area contributed by atoms with Gasteiger partial charge in [0.15, 0.2) is 0 Å². The second-order valence-electron chi connectivity index (χ2n) is 5.08. The van der Waals surface area contributed by atoms with E-state index in [-0.39, 0.29) is 18.6 Å². The highest BCUT2D eigenvalue weighted by molar-refractivity contribution is 7.13. The minimum absolute atomic E-state index is 0.0121. The number of carbonyl (C=O) groups is 1. The first-order chi connectivity index (χ1) is 11.8. The maximum atomic E-state index is 12.5. The summed E-state index contributed by atoms with van der Waals surface area (Å²) in [4.78, 5) is 25.0. The lowest BCUT2D eigenvalue weighted by Gasteiger charge is -2.17. The summed E-state index contributed by atoms with van der Waals surface area (Å²) in [7, 11) is 0. The number of hydrogen-bond donors (Lipinski definition) is 2. The van der Waals surface area contributed by atoms with E-state index in [9.17, 15) is 9.90 Å². The Morgan fingerprint density at radius 1 is 1.25 bits per heavy atom. The Morgan fingerprint density at radius 2 is 2.08 bits per heavy atom. The molecule has 3 rings (SSSR count). The second kappa shape index (κ2) is 7.76. The molecule has 1 atom stereocenters. The predicted octanol–water partition coefficient (Wildman–Crippen LogP) is 2.45. The van der Waals surface area contributed by atoms with Crippen LogP contribution in [0.2, 0.25) is 0 Å². The molecule has 0 aliphatic heterocycles. The summed E-state index contributed by atoms with van der Waals surface area (Å²) in [5, 5.41) is 14.5. The van der Waals surface area contributed by atoms with Crippen LogP contribution < -0.4 is 5.32 Å².